The molecule has 1 N–H and O–H groups in total. The van der Waals surface area contributed by atoms with E-state index in [-0.39, 0.29) is 5.82 Å². The van der Waals surface area contributed by atoms with Crippen LogP contribution in [0.2, 0.25) is 0 Å². The third-order valence-electron chi connectivity index (χ3n) is 2.13. The minimum atomic E-state index is -0.891. The number of aliphatic hydroxyl groups is 1. The van der Waals surface area contributed by atoms with E-state index in [1.807, 2.05) is 6.92 Å². The molecule has 0 spiro atoms. The van der Waals surface area contributed by atoms with Crippen LogP contribution in [0.4, 0.5) is 4.39 Å². The van der Waals surface area contributed by atoms with Gasteiger partial charge in [0.15, 0.2) is 0 Å². The molecule has 1 aromatic rings. The standard InChI is InChI=1S/C11H15FO/c1-4-8-7-9(11(2,3)13)5-6-10(8)12/h5-7,13H,4H2,1-3H3. The van der Waals surface area contributed by atoms with Gasteiger partial charge in [-0.3, -0.25) is 0 Å². The molecule has 1 rings (SSSR count). The van der Waals surface area contributed by atoms with Gasteiger partial charge in [-0.1, -0.05) is 19.1 Å². The van der Waals surface area contributed by atoms with Crippen LogP contribution in [0.25, 0.3) is 0 Å². The van der Waals surface area contributed by atoms with Crippen molar-refractivity contribution in [2.24, 2.45) is 0 Å². The second-order valence-electron chi connectivity index (χ2n) is 3.72. The summed E-state index contributed by atoms with van der Waals surface area (Å²) >= 11 is 0. The molecule has 0 saturated heterocycles. The molecule has 0 bridgehead atoms. The van der Waals surface area contributed by atoms with Crippen LogP contribution in [0.5, 0.6) is 0 Å². The third-order valence-corrected chi connectivity index (χ3v) is 2.13. The molecule has 0 heterocycles. The second-order valence-corrected chi connectivity index (χ2v) is 3.72. The monoisotopic (exact) mass is 182 g/mol. The van der Waals surface area contributed by atoms with E-state index in [0.29, 0.717) is 12.0 Å². The highest BCUT2D eigenvalue weighted by Crippen LogP contribution is 2.22. The van der Waals surface area contributed by atoms with Gasteiger partial charge in [0.25, 0.3) is 0 Å². The Morgan fingerprint density at radius 1 is 1.38 bits per heavy atom. The number of rotatable bonds is 2. The zero-order valence-corrected chi connectivity index (χ0v) is 8.26. The van der Waals surface area contributed by atoms with E-state index < -0.39 is 5.60 Å². The second kappa shape index (κ2) is 3.46. The molecule has 0 unspecified atom stereocenters. The fraction of sp³-hybridized carbons (Fsp3) is 0.455. The zero-order chi connectivity index (χ0) is 10.1. The van der Waals surface area contributed by atoms with Crippen molar-refractivity contribution in [3.05, 3.63) is 35.1 Å². The predicted octanol–water partition coefficient (Wildman–Crippen LogP) is 2.62. The zero-order valence-electron chi connectivity index (χ0n) is 8.26. The maximum atomic E-state index is 13.1. The van der Waals surface area contributed by atoms with Crippen molar-refractivity contribution in [3.8, 4) is 0 Å². The minimum Gasteiger partial charge on any atom is -0.386 e. The van der Waals surface area contributed by atoms with Crippen LogP contribution in [-0.2, 0) is 12.0 Å². The number of hydrogen-bond acceptors (Lipinski definition) is 1. The number of hydrogen-bond donors (Lipinski definition) is 1. The summed E-state index contributed by atoms with van der Waals surface area (Å²) < 4.78 is 13.1. The highest BCUT2D eigenvalue weighted by Gasteiger charge is 2.16. The van der Waals surface area contributed by atoms with Gasteiger partial charge in [-0.15, -0.1) is 0 Å². The molecule has 0 aliphatic carbocycles. The summed E-state index contributed by atoms with van der Waals surface area (Å²) in [5, 5.41) is 9.68. The normalized spacial score (nSPS) is 11.8. The highest BCUT2D eigenvalue weighted by molar-refractivity contribution is 5.28. The first kappa shape index (κ1) is 10.2. The fourth-order valence-electron chi connectivity index (χ4n) is 1.23. The fourth-order valence-corrected chi connectivity index (χ4v) is 1.23. The average molecular weight is 182 g/mol. The Hall–Kier alpha value is -0.890. The Balaban J connectivity index is 3.14. The van der Waals surface area contributed by atoms with E-state index in [4.69, 9.17) is 0 Å². The van der Waals surface area contributed by atoms with Gasteiger partial charge in [-0.25, -0.2) is 4.39 Å². The van der Waals surface area contributed by atoms with Gasteiger partial charge in [0, 0.05) is 0 Å². The molecule has 0 aromatic heterocycles. The Morgan fingerprint density at radius 2 is 2.00 bits per heavy atom. The molecule has 72 valence electrons. The molecule has 1 nitrogen and oxygen atoms in total. The van der Waals surface area contributed by atoms with Crippen molar-refractivity contribution in [3.63, 3.8) is 0 Å². The lowest BCUT2D eigenvalue weighted by molar-refractivity contribution is 0.0784. The molecule has 13 heavy (non-hydrogen) atoms. The summed E-state index contributed by atoms with van der Waals surface area (Å²) in [5.74, 6) is -0.199. The molecule has 0 atom stereocenters. The lowest BCUT2D eigenvalue weighted by Crippen LogP contribution is -2.15. The Kier molecular flexibility index (Phi) is 2.71. The van der Waals surface area contributed by atoms with Gasteiger partial charge >= 0.3 is 0 Å². The summed E-state index contributed by atoms with van der Waals surface area (Å²) in [5.41, 5.74) is 0.517. The van der Waals surface area contributed by atoms with Crippen LogP contribution in [0.1, 0.15) is 31.9 Å². The first-order chi connectivity index (χ1) is 5.95. The Morgan fingerprint density at radius 3 is 2.46 bits per heavy atom. The van der Waals surface area contributed by atoms with E-state index in [1.165, 1.54) is 6.07 Å². The lowest BCUT2D eigenvalue weighted by atomic mass is 9.96. The first-order valence-corrected chi connectivity index (χ1v) is 4.46. The molecule has 0 radical (unpaired) electrons. The van der Waals surface area contributed by atoms with Crippen LogP contribution >= 0.6 is 0 Å². The summed E-state index contributed by atoms with van der Waals surface area (Å²) in [6.45, 7) is 5.28. The SMILES string of the molecule is CCc1cc(C(C)(C)O)ccc1F. The van der Waals surface area contributed by atoms with E-state index >= 15 is 0 Å². The first-order valence-electron chi connectivity index (χ1n) is 4.46. The van der Waals surface area contributed by atoms with Crippen molar-refractivity contribution in [2.45, 2.75) is 32.8 Å². The van der Waals surface area contributed by atoms with Crippen LogP contribution in [-0.4, -0.2) is 5.11 Å². The van der Waals surface area contributed by atoms with E-state index in [9.17, 15) is 9.50 Å². The summed E-state index contributed by atoms with van der Waals surface area (Å²) in [7, 11) is 0. The highest BCUT2D eigenvalue weighted by atomic mass is 19.1. The summed E-state index contributed by atoms with van der Waals surface area (Å²) in [6, 6.07) is 4.75. The van der Waals surface area contributed by atoms with Crippen LogP contribution in [0.15, 0.2) is 18.2 Å². The van der Waals surface area contributed by atoms with Gasteiger partial charge in [-0.2, -0.15) is 0 Å². The summed E-state index contributed by atoms with van der Waals surface area (Å²) in [4.78, 5) is 0. The van der Waals surface area contributed by atoms with Crippen molar-refractivity contribution in [1.29, 1.82) is 0 Å². The van der Waals surface area contributed by atoms with Crippen molar-refractivity contribution >= 4 is 0 Å². The maximum Gasteiger partial charge on any atom is 0.126 e. The molecule has 0 aliphatic rings. The molecule has 2 heteroatoms. The molecule has 1 aromatic carbocycles. The van der Waals surface area contributed by atoms with Gasteiger partial charge < -0.3 is 5.11 Å². The van der Waals surface area contributed by atoms with E-state index in [2.05, 4.69) is 0 Å². The number of aryl methyl sites for hydroxylation is 1. The maximum absolute atomic E-state index is 13.1. The smallest absolute Gasteiger partial charge is 0.126 e. The van der Waals surface area contributed by atoms with Crippen molar-refractivity contribution in [1.82, 2.24) is 0 Å². The molecular weight excluding hydrogens is 167 g/mol. The predicted molar refractivity (Wildman–Crippen MR) is 51.0 cm³/mol. The van der Waals surface area contributed by atoms with Gasteiger partial charge in [0.05, 0.1) is 5.60 Å². The van der Waals surface area contributed by atoms with Crippen molar-refractivity contribution < 1.29 is 9.50 Å². The van der Waals surface area contributed by atoms with Gasteiger partial charge in [0.2, 0.25) is 0 Å². The molecule has 0 amide bonds. The number of benzene rings is 1. The molecular formula is C11H15FO. The van der Waals surface area contributed by atoms with E-state index in [0.717, 1.165) is 5.56 Å². The Labute approximate surface area is 78.2 Å². The molecule has 0 saturated carbocycles. The van der Waals surface area contributed by atoms with Crippen LogP contribution in [0.3, 0.4) is 0 Å². The van der Waals surface area contributed by atoms with Gasteiger partial charge in [-0.05, 0) is 37.5 Å². The lowest BCUT2D eigenvalue weighted by Gasteiger charge is -2.18. The van der Waals surface area contributed by atoms with Crippen molar-refractivity contribution in [2.75, 3.05) is 0 Å². The minimum absolute atomic E-state index is 0.199. The van der Waals surface area contributed by atoms with E-state index in [1.54, 1.807) is 26.0 Å². The third kappa shape index (κ3) is 2.28. The molecule has 0 fully saturated rings. The number of halogens is 1. The quantitative estimate of drug-likeness (QED) is 0.745. The topological polar surface area (TPSA) is 20.2 Å². The van der Waals surface area contributed by atoms with Crippen LogP contribution in [0, 0.1) is 5.82 Å². The Bertz CT molecular complexity index is 299. The average Bonchev–Trinajstić information content (AvgIpc) is 2.03. The summed E-state index contributed by atoms with van der Waals surface area (Å²) in [6.07, 6.45) is 0.649. The largest absolute Gasteiger partial charge is 0.386 e. The van der Waals surface area contributed by atoms with Crippen LogP contribution < -0.4 is 0 Å². The van der Waals surface area contributed by atoms with Gasteiger partial charge in [0.1, 0.15) is 5.82 Å². The molecule has 0 aliphatic heterocycles.